The van der Waals surface area contributed by atoms with Gasteiger partial charge in [0.05, 0.1) is 23.1 Å². The van der Waals surface area contributed by atoms with Gasteiger partial charge in [0.15, 0.2) is 5.65 Å². The molecule has 0 aliphatic heterocycles. The van der Waals surface area contributed by atoms with Gasteiger partial charge < -0.3 is 0 Å². The smallest absolute Gasteiger partial charge is 0.280 e. The predicted octanol–water partition coefficient (Wildman–Crippen LogP) is 4.00. The summed E-state index contributed by atoms with van der Waals surface area (Å²) < 4.78 is 29.7. The van der Waals surface area contributed by atoms with Crippen molar-refractivity contribution in [2.45, 2.75) is 32.1 Å². The van der Waals surface area contributed by atoms with Gasteiger partial charge in [-0.05, 0) is 37.5 Å². The van der Waals surface area contributed by atoms with E-state index in [-0.39, 0.29) is 17.2 Å². The van der Waals surface area contributed by atoms with Crippen LogP contribution in [-0.4, -0.2) is 24.4 Å². The standard InChI is InChI=1S/C20H17F2N5O/c1-11-4-2-3-5-16(11)26-18(28)9-15(25-26)13-10-23-27-17(19(21)22)8-14(12-6-7-12)24-20(13)27/h2-5,8-10,12,19,25H,6-7H2,1H3. The van der Waals surface area contributed by atoms with Gasteiger partial charge >= 0.3 is 0 Å². The van der Waals surface area contributed by atoms with Crippen molar-refractivity contribution in [2.75, 3.05) is 0 Å². The van der Waals surface area contributed by atoms with E-state index in [4.69, 9.17) is 0 Å². The van der Waals surface area contributed by atoms with Gasteiger partial charge in [0.2, 0.25) is 0 Å². The highest BCUT2D eigenvalue weighted by Crippen LogP contribution is 2.40. The van der Waals surface area contributed by atoms with Crippen molar-refractivity contribution in [1.82, 2.24) is 24.4 Å². The number of nitrogens with zero attached hydrogens (tertiary/aromatic N) is 4. The number of aryl methyl sites for hydroxylation is 1. The number of hydrogen-bond donors (Lipinski definition) is 1. The monoisotopic (exact) mass is 381 g/mol. The summed E-state index contributed by atoms with van der Waals surface area (Å²) in [6.45, 7) is 1.91. The summed E-state index contributed by atoms with van der Waals surface area (Å²) in [4.78, 5) is 17.1. The molecule has 0 saturated heterocycles. The number of para-hydroxylation sites is 1. The van der Waals surface area contributed by atoms with E-state index in [1.54, 1.807) is 0 Å². The van der Waals surface area contributed by atoms with Crippen LogP contribution in [0.1, 0.15) is 42.1 Å². The van der Waals surface area contributed by atoms with Gasteiger partial charge in [-0.15, -0.1) is 0 Å². The number of rotatable bonds is 4. The van der Waals surface area contributed by atoms with Crippen LogP contribution >= 0.6 is 0 Å². The second-order valence-corrected chi connectivity index (χ2v) is 7.10. The Balaban J connectivity index is 1.69. The molecule has 0 radical (unpaired) electrons. The third-order valence-electron chi connectivity index (χ3n) is 5.11. The Bertz CT molecular complexity index is 1250. The van der Waals surface area contributed by atoms with Crippen LogP contribution in [0.2, 0.25) is 0 Å². The summed E-state index contributed by atoms with van der Waals surface area (Å²) in [6.07, 6.45) is 0.718. The Kier molecular flexibility index (Phi) is 3.68. The molecular formula is C20H17F2N5O. The van der Waals surface area contributed by atoms with E-state index in [0.29, 0.717) is 22.6 Å². The topological polar surface area (TPSA) is 68.0 Å². The number of aromatic amines is 1. The van der Waals surface area contributed by atoms with Crippen molar-refractivity contribution in [1.29, 1.82) is 0 Å². The first-order valence-electron chi connectivity index (χ1n) is 9.08. The molecule has 0 spiro atoms. The molecule has 1 saturated carbocycles. The highest BCUT2D eigenvalue weighted by atomic mass is 19.3. The van der Waals surface area contributed by atoms with Crippen LogP contribution in [0.25, 0.3) is 22.6 Å². The number of H-pyrrole nitrogens is 1. The van der Waals surface area contributed by atoms with Gasteiger partial charge in [0, 0.05) is 17.7 Å². The van der Waals surface area contributed by atoms with Crippen molar-refractivity contribution >= 4 is 5.65 Å². The van der Waals surface area contributed by atoms with Crippen LogP contribution in [0.4, 0.5) is 8.78 Å². The van der Waals surface area contributed by atoms with Gasteiger partial charge in [-0.2, -0.15) is 5.10 Å². The first-order valence-corrected chi connectivity index (χ1v) is 9.08. The molecule has 6 nitrogen and oxygen atoms in total. The zero-order valence-corrected chi connectivity index (χ0v) is 15.1. The molecule has 3 heterocycles. The molecule has 0 atom stereocenters. The molecule has 1 N–H and O–H groups in total. The molecule has 1 aromatic carbocycles. The number of alkyl halides is 2. The van der Waals surface area contributed by atoms with E-state index < -0.39 is 6.43 Å². The van der Waals surface area contributed by atoms with Crippen LogP contribution < -0.4 is 5.56 Å². The zero-order valence-electron chi connectivity index (χ0n) is 15.1. The zero-order chi connectivity index (χ0) is 19.4. The highest BCUT2D eigenvalue weighted by Gasteiger charge is 2.28. The average molecular weight is 381 g/mol. The Morgan fingerprint density at radius 1 is 1.21 bits per heavy atom. The molecule has 28 heavy (non-hydrogen) atoms. The lowest BCUT2D eigenvalue weighted by Gasteiger charge is -2.07. The second kappa shape index (κ2) is 6.12. The lowest BCUT2D eigenvalue weighted by molar-refractivity contribution is 0.143. The fourth-order valence-electron chi connectivity index (χ4n) is 3.47. The lowest BCUT2D eigenvalue weighted by Crippen LogP contribution is -2.14. The van der Waals surface area contributed by atoms with Crippen molar-refractivity contribution in [3.8, 4) is 16.9 Å². The summed E-state index contributed by atoms with van der Waals surface area (Å²) in [5.74, 6) is 0.223. The number of fused-ring (bicyclic) bond motifs is 1. The summed E-state index contributed by atoms with van der Waals surface area (Å²) in [5.41, 5.74) is 3.25. The molecule has 1 aliphatic carbocycles. The molecule has 8 heteroatoms. The van der Waals surface area contributed by atoms with Gasteiger partial charge in [0.25, 0.3) is 12.0 Å². The van der Waals surface area contributed by atoms with Crippen LogP contribution in [0.15, 0.2) is 47.4 Å². The van der Waals surface area contributed by atoms with E-state index in [1.807, 2.05) is 31.2 Å². The SMILES string of the molecule is Cc1ccccc1-n1[nH]c(-c2cnn3c(C(F)F)cc(C4CC4)nc23)cc1=O. The fourth-order valence-corrected chi connectivity index (χ4v) is 3.47. The minimum atomic E-state index is -2.66. The van der Waals surface area contributed by atoms with E-state index >= 15 is 0 Å². The lowest BCUT2D eigenvalue weighted by atomic mass is 10.2. The van der Waals surface area contributed by atoms with Crippen LogP contribution in [-0.2, 0) is 0 Å². The molecule has 142 valence electrons. The average Bonchev–Trinajstić information content (AvgIpc) is 3.33. The van der Waals surface area contributed by atoms with E-state index in [2.05, 4.69) is 15.2 Å². The maximum atomic E-state index is 13.6. The second-order valence-electron chi connectivity index (χ2n) is 7.10. The molecule has 0 unspecified atom stereocenters. The molecule has 5 rings (SSSR count). The van der Waals surface area contributed by atoms with E-state index in [1.165, 1.54) is 23.0 Å². The number of halogens is 2. The maximum Gasteiger partial charge on any atom is 0.280 e. The summed E-state index contributed by atoms with van der Waals surface area (Å²) in [5, 5.41) is 7.18. The molecule has 4 aromatic rings. The first kappa shape index (κ1) is 16.9. The van der Waals surface area contributed by atoms with Gasteiger partial charge in [-0.25, -0.2) is 23.0 Å². The number of benzene rings is 1. The third kappa shape index (κ3) is 2.64. The van der Waals surface area contributed by atoms with Crippen molar-refractivity contribution in [2.24, 2.45) is 0 Å². The van der Waals surface area contributed by atoms with E-state index in [0.717, 1.165) is 28.6 Å². The summed E-state index contributed by atoms with van der Waals surface area (Å²) in [6, 6.07) is 10.4. The molecule has 0 bridgehead atoms. The van der Waals surface area contributed by atoms with Crippen molar-refractivity contribution < 1.29 is 8.78 Å². The highest BCUT2D eigenvalue weighted by molar-refractivity contribution is 5.74. The minimum absolute atomic E-state index is 0.182. The molecule has 0 amide bonds. The third-order valence-corrected chi connectivity index (χ3v) is 5.11. The molecule has 1 aliphatic rings. The van der Waals surface area contributed by atoms with Crippen LogP contribution in [0.5, 0.6) is 0 Å². The largest absolute Gasteiger partial charge is 0.290 e. The predicted molar refractivity (Wildman–Crippen MR) is 100 cm³/mol. The first-order chi connectivity index (χ1) is 13.5. The number of aromatic nitrogens is 5. The number of nitrogens with one attached hydrogen (secondary N) is 1. The van der Waals surface area contributed by atoms with Crippen LogP contribution in [0.3, 0.4) is 0 Å². The van der Waals surface area contributed by atoms with E-state index in [9.17, 15) is 13.6 Å². The minimum Gasteiger partial charge on any atom is -0.290 e. The van der Waals surface area contributed by atoms with Crippen molar-refractivity contribution in [3.63, 3.8) is 0 Å². The fraction of sp³-hybridized carbons (Fsp3) is 0.250. The summed E-state index contributed by atoms with van der Waals surface area (Å²) >= 11 is 0. The van der Waals surface area contributed by atoms with Gasteiger partial charge in [-0.1, -0.05) is 18.2 Å². The van der Waals surface area contributed by atoms with Crippen LogP contribution in [0, 0.1) is 6.92 Å². The quantitative estimate of drug-likeness (QED) is 0.581. The normalized spacial score (nSPS) is 14.3. The molecule has 1 fully saturated rings. The Morgan fingerprint density at radius 2 is 2.00 bits per heavy atom. The maximum absolute atomic E-state index is 13.6. The Morgan fingerprint density at radius 3 is 2.71 bits per heavy atom. The Labute approximate surface area is 158 Å². The number of hydrogen-bond acceptors (Lipinski definition) is 3. The van der Waals surface area contributed by atoms with Gasteiger partial charge in [0.1, 0.15) is 5.69 Å². The Hall–Kier alpha value is -3.29. The molecule has 3 aromatic heterocycles. The molecular weight excluding hydrogens is 364 g/mol. The summed E-state index contributed by atoms with van der Waals surface area (Å²) in [7, 11) is 0. The van der Waals surface area contributed by atoms with Gasteiger partial charge in [-0.3, -0.25) is 9.89 Å². The van der Waals surface area contributed by atoms with Crippen molar-refractivity contribution in [3.05, 3.63) is 69.9 Å².